The third-order valence-electron chi connectivity index (χ3n) is 6.44. The molecule has 1 saturated carbocycles. The maximum absolute atomic E-state index is 12.6. The summed E-state index contributed by atoms with van der Waals surface area (Å²) < 4.78 is 2.14. The molecule has 148 valence electrons. The maximum atomic E-state index is 12.6. The van der Waals surface area contributed by atoms with Gasteiger partial charge in [-0.2, -0.15) is 0 Å². The zero-order chi connectivity index (χ0) is 19.7. The lowest BCUT2D eigenvalue weighted by Crippen LogP contribution is -2.43. The van der Waals surface area contributed by atoms with Gasteiger partial charge in [0.15, 0.2) is 0 Å². The van der Waals surface area contributed by atoms with E-state index in [0.29, 0.717) is 12.6 Å². The van der Waals surface area contributed by atoms with E-state index in [2.05, 4.69) is 46.7 Å². The molecule has 0 atom stereocenters. The first-order valence-electron chi connectivity index (χ1n) is 10.5. The molecule has 0 spiro atoms. The number of piperidine rings is 1. The molecule has 2 heterocycles. The predicted molar refractivity (Wildman–Crippen MR) is 113 cm³/mol. The Labute approximate surface area is 167 Å². The summed E-state index contributed by atoms with van der Waals surface area (Å²) in [5.41, 5.74) is 4.58. The molecule has 4 rings (SSSR count). The van der Waals surface area contributed by atoms with Crippen LogP contribution in [-0.2, 0) is 11.3 Å². The smallest absolute Gasteiger partial charge is 0.223 e. The lowest BCUT2D eigenvalue weighted by Gasteiger charge is -2.32. The molecule has 1 aliphatic heterocycles. The van der Waals surface area contributed by atoms with Crippen LogP contribution in [0.2, 0.25) is 0 Å². The van der Waals surface area contributed by atoms with Gasteiger partial charge in [-0.15, -0.1) is 6.42 Å². The fourth-order valence-electron chi connectivity index (χ4n) is 4.59. The van der Waals surface area contributed by atoms with E-state index in [1.54, 1.807) is 0 Å². The molecular formula is C23H30N4O. The van der Waals surface area contributed by atoms with E-state index in [-0.39, 0.29) is 11.8 Å². The number of carbonyl (C=O) groups excluding carboxylic acids is 1. The fourth-order valence-corrected chi connectivity index (χ4v) is 4.59. The molecule has 1 saturated heterocycles. The van der Waals surface area contributed by atoms with Gasteiger partial charge in [-0.05, 0) is 62.8 Å². The van der Waals surface area contributed by atoms with E-state index in [9.17, 15) is 4.79 Å². The van der Waals surface area contributed by atoms with Crippen LogP contribution >= 0.6 is 0 Å². The Kier molecular flexibility index (Phi) is 5.30. The number of terminal acetylenes is 1. The minimum atomic E-state index is 0.117. The number of amides is 1. The first-order chi connectivity index (χ1) is 13.6. The van der Waals surface area contributed by atoms with Crippen molar-refractivity contribution in [3.8, 4) is 12.3 Å². The van der Waals surface area contributed by atoms with E-state index in [1.165, 1.54) is 24.0 Å². The summed E-state index contributed by atoms with van der Waals surface area (Å²) in [5.74, 6) is 4.08. The second-order valence-corrected chi connectivity index (χ2v) is 8.38. The molecule has 0 radical (unpaired) electrons. The molecule has 2 aromatic rings. The highest BCUT2D eigenvalue weighted by Gasteiger charge is 2.29. The van der Waals surface area contributed by atoms with Gasteiger partial charge >= 0.3 is 0 Å². The second kappa shape index (κ2) is 7.87. The van der Waals surface area contributed by atoms with Gasteiger partial charge < -0.3 is 10.2 Å². The quantitative estimate of drug-likeness (QED) is 0.828. The topological polar surface area (TPSA) is 50.2 Å². The molecule has 2 aliphatic rings. The highest BCUT2D eigenvalue weighted by atomic mass is 16.1. The third kappa shape index (κ3) is 3.61. The third-order valence-corrected chi connectivity index (χ3v) is 6.44. The monoisotopic (exact) mass is 378 g/mol. The lowest BCUT2D eigenvalue weighted by molar-refractivity contribution is -0.126. The average Bonchev–Trinajstić information content (AvgIpc) is 3.31. The number of fused-ring (bicyclic) bond motifs is 1. The minimum absolute atomic E-state index is 0.117. The summed E-state index contributed by atoms with van der Waals surface area (Å²) in [7, 11) is 0. The molecule has 0 unspecified atom stereocenters. The van der Waals surface area contributed by atoms with Crippen molar-refractivity contribution in [2.75, 3.05) is 18.0 Å². The lowest BCUT2D eigenvalue weighted by atomic mass is 9.95. The largest absolute Gasteiger partial charge is 0.353 e. The molecule has 1 amide bonds. The SMILES string of the molecule is C#CCn1c(N2CCC(C(=O)NC3CCCC3)CC2)nc2cc(C)c(C)cc21. The Morgan fingerprint density at radius 1 is 1.18 bits per heavy atom. The second-order valence-electron chi connectivity index (χ2n) is 8.38. The van der Waals surface area contributed by atoms with Crippen LogP contribution in [-0.4, -0.2) is 34.6 Å². The molecule has 5 heteroatoms. The van der Waals surface area contributed by atoms with Crippen molar-refractivity contribution >= 4 is 22.9 Å². The van der Waals surface area contributed by atoms with Crippen molar-refractivity contribution in [1.29, 1.82) is 0 Å². The van der Waals surface area contributed by atoms with Gasteiger partial charge in [0.1, 0.15) is 0 Å². The summed E-state index contributed by atoms with van der Waals surface area (Å²) in [6.45, 7) is 6.43. The van der Waals surface area contributed by atoms with Gasteiger partial charge in [-0.1, -0.05) is 18.8 Å². The normalized spacial score (nSPS) is 18.5. The minimum Gasteiger partial charge on any atom is -0.353 e. The molecule has 28 heavy (non-hydrogen) atoms. The Morgan fingerprint density at radius 3 is 2.54 bits per heavy atom. The van der Waals surface area contributed by atoms with E-state index >= 15 is 0 Å². The number of carbonyl (C=O) groups is 1. The average molecular weight is 379 g/mol. The van der Waals surface area contributed by atoms with E-state index in [1.807, 2.05) is 0 Å². The summed E-state index contributed by atoms with van der Waals surface area (Å²) in [4.78, 5) is 19.8. The van der Waals surface area contributed by atoms with Crippen LogP contribution in [0.1, 0.15) is 49.7 Å². The maximum Gasteiger partial charge on any atom is 0.223 e. The number of nitrogens with one attached hydrogen (secondary N) is 1. The fraction of sp³-hybridized carbons (Fsp3) is 0.565. The van der Waals surface area contributed by atoms with Gasteiger partial charge in [0.25, 0.3) is 0 Å². The van der Waals surface area contributed by atoms with Gasteiger partial charge in [-0.3, -0.25) is 9.36 Å². The molecular weight excluding hydrogens is 348 g/mol. The van der Waals surface area contributed by atoms with Crippen molar-refractivity contribution in [1.82, 2.24) is 14.9 Å². The van der Waals surface area contributed by atoms with Crippen molar-refractivity contribution < 1.29 is 4.79 Å². The van der Waals surface area contributed by atoms with Gasteiger partial charge in [0, 0.05) is 25.0 Å². The summed E-state index contributed by atoms with van der Waals surface area (Å²) >= 11 is 0. The summed E-state index contributed by atoms with van der Waals surface area (Å²) in [6.07, 6.45) is 12.2. The molecule has 1 aliphatic carbocycles. The highest BCUT2D eigenvalue weighted by molar-refractivity contribution is 5.81. The van der Waals surface area contributed by atoms with Crippen LogP contribution in [0.15, 0.2) is 12.1 Å². The zero-order valence-corrected chi connectivity index (χ0v) is 17.0. The number of benzene rings is 1. The van der Waals surface area contributed by atoms with E-state index < -0.39 is 0 Å². The van der Waals surface area contributed by atoms with Crippen LogP contribution in [0.3, 0.4) is 0 Å². The number of hydrogen-bond donors (Lipinski definition) is 1. The van der Waals surface area contributed by atoms with Gasteiger partial charge in [0.05, 0.1) is 17.6 Å². The number of nitrogens with zero attached hydrogens (tertiary/aromatic N) is 3. The first-order valence-corrected chi connectivity index (χ1v) is 10.5. The van der Waals surface area contributed by atoms with E-state index in [0.717, 1.165) is 55.8 Å². The number of anilines is 1. The van der Waals surface area contributed by atoms with E-state index in [4.69, 9.17) is 11.4 Å². The Morgan fingerprint density at radius 2 is 1.86 bits per heavy atom. The number of rotatable bonds is 4. The van der Waals surface area contributed by atoms with Crippen molar-refractivity contribution in [3.63, 3.8) is 0 Å². The number of aryl methyl sites for hydroxylation is 2. The summed E-state index contributed by atoms with van der Waals surface area (Å²) in [5, 5.41) is 3.26. The number of aromatic nitrogens is 2. The van der Waals surface area contributed by atoms with Crippen molar-refractivity contribution in [3.05, 3.63) is 23.3 Å². The first kappa shape index (κ1) is 18.9. The number of hydrogen-bond acceptors (Lipinski definition) is 3. The predicted octanol–water partition coefficient (Wildman–Crippen LogP) is 3.56. The van der Waals surface area contributed by atoms with Crippen LogP contribution < -0.4 is 10.2 Å². The molecule has 2 fully saturated rings. The Balaban J connectivity index is 1.49. The van der Waals surface area contributed by atoms with Gasteiger partial charge in [-0.25, -0.2) is 4.98 Å². The highest BCUT2D eigenvalue weighted by Crippen LogP contribution is 2.29. The van der Waals surface area contributed by atoms with Gasteiger partial charge in [0.2, 0.25) is 11.9 Å². The number of imidazole rings is 1. The zero-order valence-electron chi connectivity index (χ0n) is 17.0. The molecule has 1 N–H and O–H groups in total. The van der Waals surface area contributed by atoms with Crippen LogP contribution in [0.4, 0.5) is 5.95 Å². The standard InChI is InChI=1S/C23H30N4O/c1-4-11-27-21-15-17(3)16(2)14-20(21)25-23(27)26-12-9-18(10-13-26)22(28)24-19-7-5-6-8-19/h1,14-15,18-19H,5-13H2,2-3H3,(H,24,28). The van der Waals surface area contributed by atoms with Crippen molar-refractivity contribution in [2.24, 2.45) is 5.92 Å². The molecule has 5 nitrogen and oxygen atoms in total. The molecule has 0 bridgehead atoms. The van der Waals surface area contributed by atoms with Crippen LogP contribution in [0, 0.1) is 32.1 Å². The Bertz CT molecular complexity index is 909. The summed E-state index contributed by atoms with van der Waals surface area (Å²) in [6, 6.07) is 4.72. The van der Waals surface area contributed by atoms with Crippen LogP contribution in [0.5, 0.6) is 0 Å². The molecule has 1 aromatic heterocycles. The molecule has 1 aromatic carbocycles. The van der Waals surface area contributed by atoms with Crippen molar-refractivity contribution in [2.45, 2.75) is 65.0 Å². The Hall–Kier alpha value is -2.48. The van der Waals surface area contributed by atoms with Crippen LogP contribution in [0.25, 0.3) is 11.0 Å².